The lowest BCUT2D eigenvalue weighted by Gasteiger charge is -2.28. The van der Waals surface area contributed by atoms with Gasteiger partial charge in [0.1, 0.15) is 17.3 Å². The summed E-state index contributed by atoms with van der Waals surface area (Å²) in [5.41, 5.74) is 1.20. The Hall–Kier alpha value is -3.32. The molecule has 34 heavy (non-hydrogen) atoms. The fraction of sp³-hybridized carbons (Fsp3) is 0.407. The number of aliphatic hydroxyl groups is 1. The SMILES string of the molecule is CCN(CC)CCN1C(=O)C(=O)/C(=C(\O)c2cccc(OC(C)C)c2)C1c1cccc(OC)c1. The van der Waals surface area contributed by atoms with Crippen LogP contribution in [0, 0.1) is 0 Å². The normalized spacial score (nSPS) is 17.6. The zero-order chi connectivity index (χ0) is 24.8. The van der Waals surface area contributed by atoms with Gasteiger partial charge in [0.05, 0.1) is 24.8 Å². The summed E-state index contributed by atoms with van der Waals surface area (Å²) in [4.78, 5) is 30.1. The molecule has 1 amide bonds. The first kappa shape index (κ1) is 25.3. The molecule has 0 saturated carbocycles. The molecule has 3 rings (SSSR count). The lowest BCUT2D eigenvalue weighted by Crippen LogP contribution is -2.38. The molecular weight excluding hydrogens is 432 g/mol. The van der Waals surface area contributed by atoms with E-state index >= 15 is 0 Å². The van der Waals surface area contributed by atoms with E-state index in [-0.39, 0.29) is 17.4 Å². The monoisotopic (exact) mass is 466 g/mol. The summed E-state index contributed by atoms with van der Waals surface area (Å²) < 4.78 is 11.1. The quantitative estimate of drug-likeness (QED) is 0.320. The van der Waals surface area contributed by atoms with Gasteiger partial charge < -0.3 is 24.4 Å². The maximum Gasteiger partial charge on any atom is 0.295 e. The van der Waals surface area contributed by atoms with Crippen molar-refractivity contribution in [3.05, 3.63) is 65.2 Å². The van der Waals surface area contributed by atoms with Gasteiger partial charge in [-0.05, 0) is 56.8 Å². The van der Waals surface area contributed by atoms with E-state index in [4.69, 9.17) is 9.47 Å². The summed E-state index contributed by atoms with van der Waals surface area (Å²) in [5.74, 6) is -0.339. The van der Waals surface area contributed by atoms with E-state index < -0.39 is 17.7 Å². The number of ether oxygens (including phenoxy) is 2. The summed E-state index contributed by atoms with van der Waals surface area (Å²) in [5, 5.41) is 11.3. The Balaban J connectivity index is 2.11. The number of hydrogen-bond acceptors (Lipinski definition) is 6. The van der Waals surface area contributed by atoms with Gasteiger partial charge in [-0.15, -0.1) is 0 Å². The van der Waals surface area contributed by atoms with Crippen molar-refractivity contribution >= 4 is 17.4 Å². The second-order valence-electron chi connectivity index (χ2n) is 8.49. The largest absolute Gasteiger partial charge is 0.507 e. The van der Waals surface area contributed by atoms with Crippen LogP contribution in [0.15, 0.2) is 54.1 Å². The first-order chi connectivity index (χ1) is 16.3. The number of rotatable bonds is 10. The number of nitrogens with zero attached hydrogens (tertiary/aromatic N) is 2. The first-order valence-electron chi connectivity index (χ1n) is 11.7. The van der Waals surface area contributed by atoms with Crippen LogP contribution in [0.3, 0.4) is 0 Å². The number of carbonyl (C=O) groups is 2. The maximum atomic E-state index is 13.2. The number of carbonyl (C=O) groups excluding carboxylic acids is 2. The predicted octanol–water partition coefficient (Wildman–Crippen LogP) is 4.25. The number of likely N-dealkylation sites (tertiary alicyclic amines) is 1. The molecule has 2 aromatic carbocycles. The van der Waals surface area contributed by atoms with Crippen LogP contribution in [0.5, 0.6) is 11.5 Å². The zero-order valence-corrected chi connectivity index (χ0v) is 20.6. The summed E-state index contributed by atoms with van der Waals surface area (Å²) in [6.07, 6.45) is -0.0418. The molecule has 1 fully saturated rings. The molecular formula is C27H34N2O5. The van der Waals surface area contributed by atoms with Crippen molar-refractivity contribution in [2.75, 3.05) is 33.3 Å². The number of ketones is 1. The molecule has 1 saturated heterocycles. The zero-order valence-electron chi connectivity index (χ0n) is 20.6. The van der Waals surface area contributed by atoms with E-state index in [0.29, 0.717) is 35.7 Å². The average molecular weight is 467 g/mol. The number of methoxy groups -OCH3 is 1. The van der Waals surface area contributed by atoms with Crippen LogP contribution < -0.4 is 9.47 Å². The highest BCUT2D eigenvalue weighted by molar-refractivity contribution is 6.46. The molecule has 0 aliphatic carbocycles. The van der Waals surface area contributed by atoms with Crippen molar-refractivity contribution in [2.24, 2.45) is 0 Å². The van der Waals surface area contributed by atoms with Gasteiger partial charge in [-0.2, -0.15) is 0 Å². The van der Waals surface area contributed by atoms with Crippen LogP contribution in [-0.2, 0) is 9.59 Å². The molecule has 2 aromatic rings. The Bertz CT molecular complexity index is 1060. The highest BCUT2D eigenvalue weighted by atomic mass is 16.5. The van der Waals surface area contributed by atoms with Gasteiger partial charge in [-0.25, -0.2) is 0 Å². The molecule has 1 heterocycles. The van der Waals surface area contributed by atoms with E-state index in [1.807, 2.05) is 26.0 Å². The molecule has 1 aliphatic rings. The van der Waals surface area contributed by atoms with Crippen molar-refractivity contribution in [3.63, 3.8) is 0 Å². The van der Waals surface area contributed by atoms with Crippen LogP contribution in [0.1, 0.15) is 44.9 Å². The lowest BCUT2D eigenvalue weighted by atomic mass is 9.95. The van der Waals surface area contributed by atoms with Crippen molar-refractivity contribution < 1.29 is 24.2 Å². The number of amides is 1. The second-order valence-corrected chi connectivity index (χ2v) is 8.49. The third-order valence-corrected chi connectivity index (χ3v) is 5.98. The minimum Gasteiger partial charge on any atom is -0.507 e. The van der Waals surface area contributed by atoms with Crippen LogP contribution in [0.4, 0.5) is 0 Å². The van der Waals surface area contributed by atoms with E-state index in [9.17, 15) is 14.7 Å². The Morgan fingerprint density at radius 3 is 2.38 bits per heavy atom. The minimum absolute atomic E-state index is 0.0418. The van der Waals surface area contributed by atoms with E-state index in [1.54, 1.807) is 48.4 Å². The molecule has 1 unspecified atom stereocenters. The van der Waals surface area contributed by atoms with E-state index in [1.165, 1.54) is 0 Å². The van der Waals surface area contributed by atoms with Gasteiger partial charge in [0.25, 0.3) is 11.7 Å². The van der Waals surface area contributed by atoms with E-state index in [0.717, 1.165) is 13.1 Å². The van der Waals surface area contributed by atoms with Gasteiger partial charge in [-0.1, -0.05) is 38.1 Å². The summed E-state index contributed by atoms with van der Waals surface area (Å²) >= 11 is 0. The highest BCUT2D eigenvalue weighted by Gasteiger charge is 2.46. The fourth-order valence-electron chi connectivity index (χ4n) is 4.20. The number of aliphatic hydroxyl groups excluding tert-OH is 1. The number of hydrogen-bond donors (Lipinski definition) is 1. The van der Waals surface area contributed by atoms with Crippen LogP contribution in [-0.4, -0.2) is 66.0 Å². The Labute approximate surface area is 201 Å². The van der Waals surface area contributed by atoms with Gasteiger partial charge >= 0.3 is 0 Å². The van der Waals surface area contributed by atoms with Gasteiger partial charge in [-0.3, -0.25) is 9.59 Å². The lowest BCUT2D eigenvalue weighted by molar-refractivity contribution is -0.140. The second kappa shape index (κ2) is 11.2. The van der Waals surface area contributed by atoms with Crippen LogP contribution in [0.2, 0.25) is 0 Å². The van der Waals surface area contributed by atoms with Crippen molar-refractivity contribution in [1.29, 1.82) is 0 Å². The van der Waals surface area contributed by atoms with Crippen LogP contribution >= 0.6 is 0 Å². The minimum atomic E-state index is -0.722. The Morgan fingerprint density at radius 1 is 1.06 bits per heavy atom. The first-order valence-corrected chi connectivity index (χ1v) is 11.7. The summed E-state index contributed by atoms with van der Waals surface area (Å²) in [6.45, 7) is 10.6. The summed E-state index contributed by atoms with van der Waals surface area (Å²) in [6, 6.07) is 13.5. The third-order valence-electron chi connectivity index (χ3n) is 5.98. The van der Waals surface area contributed by atoms with Gasteiger partial charge in [0, 0.05) is 18.7 Å². The molecule has 7 heteroatoms. The fourth-order valence-corrected chi connectivity index (χ4v) is 4.20. The topological polar surface area (TPSA) is 79.3 Å². The number of Topliss-reactive ketones (excluding diaryl/α,β-unsaturated/α-hetero) is 1. The standard InChI is InChI=1S/C27H34N2O5/c1-6-28(7-2)14-15-29-24(19-10-8-12-21(16-19)33-5)23(26(31)27(29)32)25(30)20-11-9-13-22(17-20)34-18(3)4/h8-13,16-18,24,30H,6-7,14-15H2,1-5H3/b25-23-. The number of likely N-dealkylation sites (N-methyl/N-ethyl adjacent to an activating group) is 1. The molecule has 0 bridgehead atoms. The van der Waals surface area contributed by atoms with Crippen molar-refractivity contribution in [2.45, 2.75) is 39.8 Å². The molecule has 0 radical (unpaired) electrons. The van der Waals surface area contributed by atoms with E-state index in [2.05, 4.69) is 18.7 Å². The molecule has 1 N–H and O–H groups in total. The molecule has 182 valence electrons. The van der Waals surface area contributed by atoms with Crippen molar-refractivity contribution in [1.82, 2.24) is 9.80 Å². The van der Waals surface area contributed by atoms with Gasteiger partial charge in [0.2, 0.25) is 0 Å². The molecule has 0 aromatic heterocycles. The predicted molar refractivity (Wildman–Crippen MR) is 132 cm³/mol. The molecule has 7 nitrogen and oxygen atoms in total. The Kier molecular flexibility index (Phi) is 8.34. The van der Waals surface area contributed by atoms with Crippen molar-refractivity contribution in [3.8, 4) is 11.5 Å². The highest BCUT2D eigenvalue weighted by Crippen LogP contribution is 2.40. The average Bonchev–Trinajstić information content (AvgIpc) is 3.09. The summed E-state index contributed by atoms with van der Waals surface area (Å²) in [7, 11) is 1.57. The Morgan fingerprint density at radius 2 is 1.74 bits per heavy atom. The maximum absolute atomic E-state index is 13.2. The number of benzene rings is 2. The van der Waals surface area contributed by atoms with Gasteiger partial charge in [0.15, 0.2) is 0 Å². The molecule has 1 aliphatic heterocycles. The molecule has 0 spiro atoms. The smallest absolute Gasteiger partial charge is 0.295 e. The molecule has 1 atom stereocenters. The third kappa shape index (κ3) is 5.42. The van der Waals surface area contributed by atoms with Crippen LogP contribution in [0.25, 0.3) is 5.76 Å².